The number of ether oxygens (including phenoxy) is 1. The van der Waals surface area contributed by atoms with Crippen molar-refractivity contribution in [2.45, 2.75) is 36.4 Å². The van der Waals surface area contributed by atoms with Crippen LogP contribution < -0.4 is 5.43 Å². The molecule has 19 heavy (non-hydrogen) atoms. The first kappa shape index (κ1) is 13.9. The molecule has 2 saturated heterocycles. The van der Waals surface area contributed by atoms with Gasteiger partial charge in [-0.1, -0.05) is 11.6 Å². The number of halogens is 2. The third-order valence-electron chi connectivity index (χ3n) is 3.57. The average molecular weight is 323 g/mol. The minimum absolute atomic E-state index is 0.0126. The molecule has 2 fully saturated rings. The van der Waals surface area contributed by atoms with E-state index in [2.05, 4.69) is 15.4 Å². The SMILES string of the molecule is CSC1NN(C2CCCCO2)C2=NC(Cl)=NC(Cl)C21. The van der Waals surface area contributed by atoms with E-state index >= 15 is 0 Å². The molecule has 3 aliphatic heterocycles. The van der Waals surface area contributed by atoms with Crippen LogP contribution in [0.25, 0.3) is 0 Å². The standard InChI is InChI=1S/C11H16Cl2N4OS/c1-19-10-7-8(12)14-11(13)15-9(7)17(16-10)6-4-2-3-5-18-6/h6-8,10,16H,2-5H2,1H3. The van der Waals surface area contributed by atoms with Crippen LogP contribution in [0, 0.1) is 5.92 Å². The lowest BCUT2D eigenvalue weighted by Gasteiger charge is -2.33. The first-order chi connectivity index (χ1) is 9.20. The van der Waals surface area contributed by atoms with Crippen LogP contribution in [0.1, 0.15) is 19.3 Å². The predicted octanol–water partition coefficient (Wildman–Crippen LogP) is 2.21. The summed E-state index contributed by atoms with van der Waals surface area (Å²) in [6.45, 7) is 0.789. The number of nitrogens with zero attached hydrogens (tertiary/aromatic N) is 3. The molecule has 0 aromatic rings. The van der Waals surface area contributed by atoms with E-state index in [4.69, 9.17) is 27.9 Å². The second kappa shape index (κ2) is 5.77. The van der Waals surface area contributed by atoms with Gasteiger partial charge in [0.2, 0.25) is 5.29 Å². The summed E-state index contributed by atoms with van der Waals surface area (Å²) in [4.78, 5) is 8.51. The molecule has 0 amide bonds. The molecule has 3 heterocycles. The topological polar surface area (TPSA) is 49.2 Å². The zero-order chi connectivity index (χ0) is 13.4. The first-order valence-electron chi connectivity index (χ1n) is 6.36. The summed E-state index contributed by atoms with van der Waals surface area (Å²) < 4.78 is 5.82. The first-order valence-corrected chi connectivity index (χ1v) is 8.46. The molecule has 0 radical (unpaired) electrons. The molecule has 0 bridgehead atoms. The van der Waals surface area contributed by atoms with E-state index in [1.165, 1.54) is 0 Å². The van der Waals surface area contributed by atoms with Crippen molar-refractivity contribution in [2.75, 3.05) is 12.9 Å². The van der Waals surface area contributed by atoms with E-state index in [1.807, 2.05) is 11.3 Å². The van der Waals surface area contributed by atoms with Crippen LogP contribution in [0.5, 0.6) is 0 Å². The van der Waals surface area contributed by atoms with E-state index in [0.717, 1.165) is 31.7 Å². The Bertz CT molecular complexity index is 413. The lowest BCUT2D eigenvalue weighted by Crippen LogP contribution is -2.48. The van der Waals surface area contributed by atoms with E-state index < -0.39 is 0 Å². The quantitative estimate of drug-likeness (QED) is 0.625. The van der Waals surface area contributed by atoms with Crippen LogP contribution in [-0.4, -0.2) is 46.1 Å². The Hall–Kier alpha value is -0.0100. The van der Waals surface area contributed by atoms with Gasteiger partial charge in [0.15, 0.2) is 0 Å². The van der Waals surface area contributed by atoms with E-state index in [-0.39, 0.29) is 28.3 Å². The zero-order valence-electron chi connectivity index (χ0n) is 10.6. The minimum Gasteiger partial charge on any atom is -0.357 e. The molecule has 0 saturated carbocycles. The Kier molecular flexibility index (Phi) is 4.24. The fourth-order valence-corrected chi connectivity index (χ4v) is 4.10. The largest absolute Gasteiger partial charge is 0.357 e. The van der Waals surface area contributed by atoms with Crippen LogP contribution in [-0.2, 0) is 4.74 Å². The molecule has 8 heteroatoms. The van der Waals surface area contributed by atoms with Crippen molar-refractivity contribution in [3.05, 3.63) is 0 Å². The van der Waals surface area contributed by atoms with Gasteiger partial charge in [0, 0.05) is 6.61 Å². The van der Waals surface area contributed by atoms with Gasteiger partial charge >= 0.3 is 0 Å². The van der Waals surface area contributed by atoms with E-state index in [9.17, 15) is 0 Å². The number of thioether (sulfide) groups is 1. The van der Waals surface area contributed by atoms with Gasteiger partial charge in [-0.25, -0.2) is 15.4 Å². The Balaban J connectivity index is 1.86. The molecule has 3 rings (SSSR count). The van der Waals surface area contributed by atoms with Gasteiger partial charge in [0.1, 0.15) is 17.6 Å². The van der Waals surface area contributed by atoms with E-state index in [0.29, 0.717) is 0 Å². The number of fused-ring (bicyclic) bond motifs is 1. The highest BCUT2D eigenvalue weighted by Crippen LogP contribution is 2.35. The summed E-state index contributed by atoms with van der Waals surface area (Å²) in [5.41, 5.74) is 3.05. The number of alkyl halides is 1. The lowest BCUT2D eigenvalue weighted by atomic mass is 10.1. The van der Waals surface area contributed by atoms with Gasteiger partial charge in [0.25, 0.3) is 0 Å². The highest BCUT2D eigenvalue weighted by molar-refractivity contribution is 7.99. The summed E-state index contributed by atoms with van der Waals surface area (Å²) >= 11 is 14.0. The van der Waals surface area contributed by atoms with Crippen molar-refractivity contribution in [1.82, 2.24) is 10.4 Å². The maximum atomic E-state index is 6.32. The monoisotopic (exact) mass is 322 g/mol. The molecular formula is C11H16Cl2N4OS. The smallest absolute Gasteiger partial charge is 0.220 e. The van der Waals surface area contributed by atoms with Gasteiger partial charge in [-0.15, -0.1) is 11.8 Å². The number of rotatable bonds is 2. The Morgan fingerprint density at radius 1 is 1.47 bits per heavy atom. The number of hydrazine groups is 1. The van der Waals surface area contributed by atoms with Crippen LogP contribution in [0.15, 0.2) is 9.98 Å². The summed E-state index contributed by atoms with van der Waals surface area (Å²) in [6.07, 6.45) is 5.33. The second-order valence-corrected chi connectivity index (χ2v) is 6.51. The predicted molar refractivity (Wildman–Crippen MR) is 79.7 cm³/mol. The molecule has 0 aromatic carbocycles. The molecule has 0 spiro atoms. The molecule has 0 aliphatic carbocycles. The Labute approximate surface area is 126 Å². The number of nitrogens with one attached hydrogen (secondary N) is 1. The van der Waals surface area contributed by atoms with Gasteiger partial charge < -0.3 is 4.74 Å². The summed E-state index contributed by atoms with van der Waals surface area (Å²) in [6, 6.07) is 0. The van der Waals surface area contributed by atoms with Gasteiger partial charge in [-0.05, 0) is 37.1 Å². The van der Waals surface area contributed by atoms with Crippen LogP contribution in [0.3, 0.4) is 0 Å². The second-order valence-electron chi connectivity index (χ2n) is 4.74. The number of aliphatic imine (C=N–C) groups is 2. The molecule has 3 aliphatic rings. The van der Waals surface area contributed by atoms with Crippen LogP contribution in [0.4, 0.5) is 0 Å². The summed E-state index contributed by atoms with van der Waals surface area (Å²) in [7, 11) is 0. The molecular weight excluding hydrogens is 307 g/mol. The van der Waals surface area contributed by atoms with E-state index in [1.54, 1.807) is 11.8 Å². The molecule has 4 atom stereocenters. The van der Waals surface area contributed by atoms with Crippen LogP contribution >= 0.6 is 35.0 Å². The summed E-state index contributed by atoms with van der Waals surface area (Å²) in [5, 5.41) is 2.37. The number of hydrogen-bond acceptors (Lipinski definition) is 6. The minimum atomic E-state index is -0.376. The normalized spacial score (nSPS) is 38.8. The highest BCUT2D eigenvalue weighted by Gasteiger charge is 2.47. The maximum Gasteiger partial charge on any atom is 0.220 e. The van der Waals surface area contributed by atoms with Crippen molar-refractivity contribution >= 4 is 46.1 Å². The molecule has 4 unspecified atom stereocenters. The van der Waals surface area contributed by atoms with Crippen molar-refractivity contribution in [3.8, 4) is 0 Å². The molecule has 106 valence electrons. The van der Waals surface area contributed by atoms with Crippen LogP contribution in [0.2, 0.25) is 0 Å². The molecule has 1 N–H and O–H groups in total. The summed E-state index contributed by atoms with van der Waals surface area (Å²) in [5.74, 6) is 0.885. The maximum absolute atomic E-state index is 6.32. The highest BCUT2D eigenvalue weighted by atomic mass is 35.5. The molecule has 0 aromatic heterocycles. The Morgan fingerprint density at radius 2 is 2.32 bits per heavy atom. The van der Waals surface area contributed by atoms with Crippen molar-refractivity contribution in [3.63, 3.8) is 0 Å². The van der Waals surface area contributed by atoms with Crippen molar-refractivity contribution in [1.29, 1.82) is 0 Å². The third-order valence-corrected chi connectivity index (χ3v) is 5.03. The number of hydrogen-bond donors (Lipinski definition) is 1. The third kappa shape index (κ3) is 2.61. The Morgan fingerprint density at radius 3 is 3.00 bits per heavy atom. The van der Waals surface area contributed by atoms with Crippen molar-refractivity contribution in [2.24, 2.45) is 15.9 Å². The van der Waals surface area contributed by atoms with Gasteiger partial charge in [-0.3, -0.25) is 5.01 Å². The van der Waals surface area contributed by atoms with Gasteiger partial charge in [0.05, 0.1) is 11.3 Å². The fraction of sp³-hybridized carbons (Fsp3) is 0.818. The van der Waals surface area contributed by atoms with Crippen molar-refractivity contribution < 1.29 is 4.74 Å². The lowest BCUT2D eigenvalue weighted by molar-refractivity contribution is -0.0693. The number of amidine groups is 2. The van der Waals surface area contributed by atoms with Gasteiger partial charge in [-0.2, -0.15) is 0 Å². The average Bonchev–Trinajstić information content (AvgIpc) is 2.78. The molecule has 5 nitrogen and oxygen atoms in total. The zero-order valence-corrected chi connectivity index (χ0v) is 12.9. The fourth-order valence-electron chi connectivity index (χ4n) is 2.64.